The van der Waals surface area contributed by atoms with Crippen molar-refractivity contribution in [3.8, 4) is 0 Å². The van der Waals surface area contributed by atoms with Gasteiger partial charge in [-0.3, -0.25) is 0 Å². The van der Waals surface area contributed by atoms with E-state index >= 15 is 0 Å². The van der Waals surface area contributed by atoms with Gasteiger partial charge in [-0.1, -0.05) is 92.3 Å². The topological polar surface area (TPSA) is 40.5 Å². The lowest BCUT2D eigenvalue weighted by molar-refractivity contribution is 0.142. The zero-order valence-corrected chi connectivity index (χ0v) is 19.9. The fraction of sp³-hybridized carbons (Fsp3) is 0.400. The first-order valence-corrected chi connectivity index (χ1v) is 12.0. The smallest absolute Gasteiger partial charge is 0.0481 e. The van der Waals surface area contributed by atoms with Gasteiger partial charge in [-0.25, -0.2) is 0 Å². The van der Waals surface area contributed by atoms with E-state index in [1.165, 1.54) is 34.2 Å². The Balaban J connectivity index is 1.81. The van der Waals surface area contributed by atoms with Crippen LogP contribution < -0.4 is 0 Å². The predicted octanol–water partition coefficient (Wildman–Crippen LogP) is 6.71. The molecule has 0 fully saturated rings. The highest BCUT2D eigenvalue weighted by Crippen LogP contribution is 2.19. The van der Waals surface area contributed by atoms with Crippen LogP contribution in [-0.2, 0) is 19.3 Å². The standard InChI is InChI=1S/C30H40O2/c1-4-7-26-18-20-30(21-19-26)24(3)10-11-25(5-2)12-13-28-16-14-27(15-17-28)8-6-9-29(22-31)23-32/h5,10-11,14-21,29,31-32H,3-4,6-9,12-13,22-23H2,1-2H3/b11-10-,25-5+. The molecule has 0 saturated carbocycles. The molecule has 0 heterocycles. The van der Waals surface area contributed by atoms with Crippen LogP contribution in [0.15, 0.2) is 78.9 Å². The Morgan fingerprint density at radius 3 is 1.97 bits per heavy atom. The van der Waals surface area contributed by atoms with Gasteiger partial charge < -0.3 is 10.2 Å². The number of rotatable bonds is 14. The van der Waals surface area contributed by atoms with Crippen molar-refractivity contribution in [1.82, 2.24) is 0 Å². The Kier molecular flexibility index (Phi) is 11.8. The first kappa shape index (κ1) is 25.8. The van der Waals surface area contributed by atoms with Crippen molar-refractivity contribution >= 4 is 5.57 Å². The lowest BCUT2D eigenvalue weighted by Gasteiger charge is -2.10. The van der Waals surface area contributed by atoms with Gasteiger partial charge >= 0.3 is 0 Å². The second-order valence-corrected chi connectivity index (χ2v) is 8.61. The van der Waals surface area contributed by atoms with Crippen molar-refractivity contribution in [1.29, 1.82) is 0 Å². The molecule has 32 heavy (non-hydrogen) atoms. The highest BCUT2D eigenvalue weighted by atomic mass is 16.3. The van der Waals surface area contributed by atoms with E-state index in [1.54, 1.807) is 0 Å². The Morgan fingerprint density at radius 1 is 0.844 bits per heavy atom. The van der Waals surface area contributed by atoms with E-state index in [0.29, 0.717) is 0 Å². The number of hydrogen-bond acceptors (Lipinski definition) is 2. The Labute approximate surface area is 195 Å². The molecule has 0 aromatic heterocycles. The van der Waals surface area contributed by atoms with Crippen LogP contribution in [0.3, 0.4) is 0 Å². The molecule has 2 rings (SSSR count). The average molecular weight is 433 g/mol. The van der Waals surface area contributed by atoms with Crippen LogP contribution in [-0.4, -0.2) is 23.4 Å². The van der Waals surface area contributed by atoms with Crippen molar-refractivity contribution in [2.24, 2.45) is 5.92 Å². The van der Waals surface area contributed by atoms with Crippen LogP contribution in [0, 0.1) is 5.92 Å². The number of hydrogen-bond donors (Lipinski definition) is 2. The van der Waals surface area contributed by atoms with E-state index in [1.807, 2.05) is 0 Å². The van der Waals surface area contributed by atoms with Crippen LogP contribution in [0.2, 0.25) is 0 Å². The molecule has 0 aliphatic heterocycles. The molecule has 0 aliphatic carbocycles. The molecule has 172 valence electrons. The minimum absolute atomic E-state index is 0.0121. The number of allylic oxidation sites excluding steroid dienone is 5. The van der Waals surface area contributed by atoms with Gasteiger partial charge in [0, 0.05) is 19.1 Å². The molecular formula is C30H40O2. The average Bonchev–Trinajstić information content (AvgIpc) is 2.83. The monoisotopic (exact) mass is 432 g/mol. The molecule has 2 heteroatoms. The number of aliphatic hydroxyl groups excluding tert-OH is 2. The molecule has 2 N–H and O–H groups in total. The molecule has 2 aromatic rings. The molecule has 0 aliphatic rings. The van der Waals surface area contributed by atoms with Crippen molar-refractivity contribution < 1.29 is 10.2 Å². The first-order valence-electron chi connectivity index (χ1n) is 12.0. The number of benzene rings is 2. The Bertz CT molecular complexity index is 853. The fourth-order valence-corrected chi connectivity index (χ4v) is 3.80. The minimum Gasteiger partial charge on any atom is -0.396 e. The van der Waals surface area contributed by atoms with Gasteiger partial charge in [-0.15, -0.1) is 0 Å². The second kappa shape index (κ2) is 14.6. The van der Waals surface area contributed by atoms with E-state index < -0.39 is 0 Å². The van der Waals surface area contributed by atoms with Crippen molar-refractivity contribution in [3.05, 3.63) is 101 Å². The van der Waals surface area contributed by atoms with Gasteiger partial charge in [-0.05, 0) is 73.3 Å². The predicted molar refractivity (Wildman–Crippen MR) is 138 cm³/mol. The summed E-state index contributed by atoms with van der Waals surface area (Å²) in [5.74, 6) is 0.0121. The second-order valence-electron chi connectivity index (χ2n) is 8.61. The van der Waals surface area contributed by atoms with Crippen molar-refractivity contribution in [2.45, 2.75) is 58.8 Å². The van der Waals surface area contributed by atoms with Gasteiger partial charge in [-0.2, -0.15) is 0 Å². The lowest BCUT2D eigenvalue weighted by atomic mass is 9.98. The lowest BCUT2D eigenvalue weighted by Crippen LogP contribution is -2.10. The largest absolute Gasteiger partial charge is 0.396 e. The van der Waals surface area contributed by atoms with Crippen molar-refractivity contribution in [3.63, 3.8) is 0 Å². The molecular weight excluding hydrogens is 392 g/mol. The maximum absolute atomic E-state index is 9.16. The third kappa shape index (κ3) is 8.98. The maximum atomic E-state index is 9.16. The highest BCUT2D eigenvalue weighted by Gasteiger charge is 2.05. The van der Waals surface area contributed by atoms with Crippen LogP contribution in [0.1, 0.15) is 61.8 Å². The van der Waals surface area contributed by atoms with E-state index in [2.05, 4.69) is 87.2 Å². The van der Waals surface area contributed by atoms with Gasteiger partial charge in [0.05, 0.1) is 0 Å². The third-order valence-corrected chi connectivity index (χ3v) is 6.05. The van der Waals surface area contributed by atoms with Gasteiger partial charge in [0.1, 0.15) is 0 Å². The summed E-state index contributed by atoms with van der Waals surface area (Å²) in [5, 5.41) is 18.3. The van der Waals surface area contributed by atoms with E-state index in [4.69, 9.17) is 10.2 Å². The summed E-state index contributed by atoms with van der Waals surface area (Å²) in [5.41, 5.74) is 7.58. The van der Waals surface area contributed by atoms with E-state index in [0.717, 1.165) is 44.1 Å². The summed E-state index contributed by atoms with van der Waals surface area (Å²) in [6.07, 6.45) is 13.6. The van der Waals surface area contributed by atoms with Gasteiger partial charge in [0.2, 0.25) is 0 Å². The zero-order valence-electron chi connectivity index (χ0n) is 19.9. The van der Waals surface area contributed by atoms with Crippen LogP contribution >= 0.6 is 0 Å². The summed E-state index contributed by atoms with van der Waals surface area (Å²) < 4.78 is 0. The molecule has 0 atom stereocenters. The Hall–Kier alpha value is -2.42. The molecule has 2 aromatic carbocycles. The normalized spacial score (nSPS) is 12.1. The minimum atomic E-state index is 0.0121. The SMILES string of the molecule is C=C(/C=C\C(=C/C)CCc1ccc(CCCC(CO)CO)cc1)c1ccc(CCC)cc1. The summed E-state index contributed by atoms with van der Waals surface area (Å²) in [4.78, 5) is 0. The molecule has 0 unspecified atom stereocenters. The molecule has 0 saturated heterocycles. The molecule has 0 radical (unpaired) electrons. The maximum Gasteiger partial charge on any atom is 0.0481 e. The molecule has 2 nitrogen and oxygen atoms in total. The van der Waals surface area contributed by atoms with Crippen LogP contribution in [0.4, 0.5) is 0 Å². The number of aliphatic hydroxyl groups is 2. The van der Waals surface area contributed by atoms with Crippen molar-refractivity contribution in [2.75, 3.05) is 13.2 Å². The molecule has 0 spiro atoms. The summed E-state index contributed by atoms with van der Waals surface area (Å²) >= 11 is 0. The fourth-order valence-electron chi connectivity index (χ4n) is 3.80. The quantitative estimate of drug-likeness (QED) is 0.326. The highest BCUT2D eigenvalue weighted by molar-refractivity contribution is 5.72. The third-order valence-electron chi connectivity index (χ3n) is 6.05. The summed E-state index contributed by atoms with van der Waals surface area (Å²) in [7, 11) is 0. The number of aryl methyl sites for hydroxylation is 3. The van der Waals surface area contributed by atoms with Crippen LogP contribution in [0.5, 0.6) is 0 Å². The Morgan fingerprint density at radius 2 is 1.41 bits per heavy atom. The first-order chi connectivity index (χ1) is 15.6. The summed E-state index contributed by atoms with van der Waals surface area (Å²) in [6.45, 7) is 8.67. The zero-order chi connectivity index (χ0) is 23.2. The van der Waals surface area contributed by atoms with E-state index in [-0.39, 0.29) is 19.1 Å². The molecule has 0 bridgehead atoms. The summed E-state index contributed by atoms with van der Waals surface area (Å²) in [6, 6.07) is 17.6. The van der Waals surface area contributed by atoms with Gasteiger partial charge in [0.25, 0.3) is 0 Å². The van der Waals surface area contributed by atoms with E-state index in [9.17, 15) is 0 Å². The molecule has 0 amide bonds. The van der Waals surface area contributed by atoms with Crippen LogP contribution in [0.25, 0.3) is 5.57 Å². The van der Waals surface area contributed by atoms with Gasteiger partial charge in [0.15, 0.2) is 0 Å².